The van der Waals surface area contributed by atoms with Crippen LogP contribution in [0.4, 0.5) is 5.69 Å². The first-order valence-electron chi connectivity index (χ1n) is 9.05. The van der Waals surface area contributed by atoms with E-state index in [-0.39, 0.29) is 23.6 Å². The van der Waals surface area contributed by atoms with Gasteiger partial charge in [-0.05, 0) is 38.1 Å². The Kier molecular flexibility index (Phi) is 5.71. The molecule has 2 amide bonds. The van der Waals surface area contributed by atoms with E-state index in [1.165, 1.54) is 13.2 Å². The molecule has 0 unspecified atom stereocenters. The molecule has 27 heavy (non-hydrogen) atoms. The van der Waals surface area contributed by atoms with E-state index in [0.717, 1.165) is 4.90 Å². The molecule has 0 radical (unpaired) electrons. The van der Waals surface area contributed by atoms with Crippen LogP contribution >= 0.6 is 0 Å². The van der Waals surface area contributed by atoms with Gasteiger partial charge in [-0.15, -0.1) is 0 Å². The zero-order chi connectivity index (χ0) is 19.4. The van der Waals surface area contributed by atoms with E-state index >= 15 is 0 Å². The standard InChI is InChI=1S/C20H23N3O4/c1-14(19(25)21-17-6-3-5-16(13-17)15(2)24)22-8-10-23(11-9-22)20(26)18-7-4-12-27-18/h3-7,12-14H,8-11H2,1-2H3,(H,21,25)/p+1/t14-/m0/s1. The van der Waals surface area contributed by atoms with Gasteiger partial charge in [-0.2, -0.15) is 0 Å². The number of hydrogen-bond acceptors (Lipinski definition) is 4. The average molecular weight is 370 g/mol. The number of furan rings is 1. The first kappa shape index (κ1) is 18.8. The molecule has 1 aliphatic heterocycles. The number of quaternary nitrogens is 1. The van der Waals surface area contributed by atoms with Gasteiger partial charge in [0.15, 0.2) is 17.6 Å². The highest BCUT2D eigenvalue weighted by Crippen LogP contribution is 2.11. The second-order valence-electron chi connectivity index (χ2n) is 6.78. The Balaban J connectivity index is 1.55. The van der Waals surface area contributed by atoms with Crippen LogP contribution in [0, 0.1) is 0 Å². The van der Waals surface area contributed by atoms with Crippen molar-refractivity contribution < 1.29 is 23.7 Å². The lowest BCUT2D eigenvalue weighted by Gasteiger charge is -2.34. The molecule has 2 N–H and O–H groups in total. The van der Waals surface area contributed by atoms with E-state index in [1.54, 1.807) is 41.3 Å². The molecule has 0 aliphatic carbocycles. The number of nitrogens with zero attached hydrogens (tertiary/aromatic N) is 1. The fourth-order valence-corrected chi connectivity index (χ4v) is 3.24. The smallest absolute Gasteiger partial charge is 0.289 e. The summed E-state index contributed by atoms with van der Waals surface area (Å²) in [6.45, 7) is 5.91. The summed E-state index contributed by atoms with van der Waals surface area (Å²) in [5.41, 5.74) is 1.18. The summed E-state index contributed by atoms with van der Waals surface area (Å²) in [4.78, 5) is 39.3. The van der Waals surface area contributed by atoms with Crippen molar-refractivity contribution in [1.29, 1.82) is 0 Å². The molecule has 1 saturated heterocycles. The Morgan fingerprint density at radius 1 is 1.15 bits per heavy atom. The van der Waals surface area contributed by atoms with Crippen LogP contribution in [0.25, 0.3) is 0 Å². The van der Waals surface area contributed by atoms with Gasteiger partial charge in [-0.25, -0.2) is 0 Å². The second kappa shape index (κ2) is 8.18. The normalized spacial score (nSPS) is 16.0. The number of carbonyl (C=O) groups is 3. The maximum Gasteiger partial charge on any atom is 0.289 e. The highest BCUT2D eigenvalue weighted by molar-refractivity contribution is 5.98. The van der Waals surface area contributed by atoms with Crippen molar-refractivity contribution in [3.8, 4) is 0 Å². The van der Waals surface area contributed by atoms with Crippen molar-refractivity contribution in [3.05, 3.63) is 54.0 Å². The van der Waals surface area contributed by atoms with E-state index in [4.69, 9.17) is 4.42 Å². The summed E-state index contributed by atoms with van der Waals surface area (Å²) >= 11 is 0. The maximum atomic E-state index is 12.6. The van der Waals surface area contributed by atoms with Crippen LogP contribution in [-0.4, -0.2) is 54.7 Å². The van der Waals surface area contributed by atoms with Crippen LogP contribution in [0.1, 0.15) is 34.8 Å². The van der Waals surface area contributed by atoms with E-state index in [9.17, 15) is 14.4 Å². The average Bonchev–Trinajstić information content (AvgIpc) is 3.22. The minimum Gasteiger partial charge on any atom is -0.459 e. The lowest BCUT2D eigenvalue weighted by atomic mass is 10.1. The molecule has 2 heterocycles. The second-order valence-corrected chi connectivity index (χ2v) is 6.78. The van der Waals surface area contributed by atoms with Gasteiger partial charge in [0.05, 0.1) is 32.4 Å². The third kappa shape index (κ3) is 4.43. The van der Waals surface area contributed by atoms with E-state index in [0.29, 0.717) is 43.2 Å². The molecule has 2 aromatic rings. The van der Waals surface area contributed by atoms with Gasteiger partial charge in [-0.3, -0.25) is 14.4 Å². The molecule has 3 rings (SSSR count). The van der Waals surface area contributed by atoms with Crippen LogP contribution in [0.5, 0.6) is 0 Å². The zero-order valence-corrected chi connectivity index (χ0v) is 15.5. The van der Waals surface area contributed by atoms with Crippen molar-refractivity contribution in [2.75, 3.05) is 31.5 Å². The molecule has 7 nitrogen and oxygen atoms in total. The number of ketones is 1. The number of benzene rings is 1. The van der Waals surface area contributed by atoms with Crippen LogP contribution in [0.15, 0.2) is 47.1 Å². The first-order chi connectivity index (χ1) is 13.0. The Bertz CT molecular complexity index is 824. The lowest BCUT2D eigenvalue weighted by molar-refractivity contribution is -0.917. The molecule has 1 atom stereocenters. The largest absolute Gasteiger partial charge is 0.459 e. The lowest BCUT2D eigenvalue weighted by Crippen LogP contribution is -3.19. The Morgan fingerprint density at radius 2 is 1.89 bits per heavy atom. The monoisotopic (exact) mass is 370 g/mol. The maximum absolute atomic E-state index is 12.6. The van der Waals surface area contributed by atoms with Crippen LogP contribution in [0.3, 0.4) is 0 Å². The Labute approximate surface area is 157 Å². The number of nitrogens with one attached hydrogen (secondary N) is 2. The summed E-state index contributed by atoms with van der Waals surface area (Å²) in [5.74, 6) is 0.0884. The number of hydrogen-bond donors (Lipinski definition) is 2. The zero-order valence-electron chi connectivity index (χ0n) is 15.5. The van der Waals surface area contributed by atoms with E-state index < -0.39 is 0 Å². The van der Waals surface area contributed by atoms with Crippen molar-refractivity contribution in [2.45, 2.75) is 19.9 Å². The minimum absolute atomic E-state index is 0.0397. The molecule has 1 aliphatic rings. The number of anilines is 1. The molecule has 0 spiro atoms. The van der Waals surface area contributed by atoms with Crippen LogP contribution in [0.2, 0.25) is 0 Å². The number of rotatable bonds is 5. The van der Waals surface area contributed by atoms with Gasteiger partial charge in [-0.1, -0.05) is 12.1 Å². The Morgan fingerprint density at radius 3 is 2.52 bits per heavy atom. The van der Waals surface area contributed by atoms with Crippen molar-refractivity contribution >= 4 is 23.3 Å². The number of amides is 2. The van der Waals surface area contributed by atoms with Gasteiger partial charge in [0.1, 0.15) is 0 Å². The molecular formula is C20H24N3O4+. The molecule has 7 heteroatoms. The minimum atomic E-state index is -0.258. The number of Topliss-reactive ketones (excluding diaryl/α,β-unsaturated/α-hetero) is 1. The number of carbonyl (C=O) groups excluding carboxylic acids is 3. The summed E-state index contributed by atoms with van der Waals surface area (Å²) in [6.07, 6.45) is 1.49. The predicted octanol–water partition coefficient (Wildman–Crippen LogP) is 0.850. The highest BCUT2D eigenvalue weighted by Gasteiger charge is 2.31. The third-order valence-corrected chi connectivity index (χ3v) is 4.97. The van der Waals surface area contributed by atoms with E-state index in [2.05, 4.69) is 5.32 Å². The quantitative estimate of drug-likeness (QED) is 0.765. The summed E-state index contributed by atoms with van der Waals surface area (Å²) in [5, 5.41) is 2.88. The predicted molar refractivity (Wildman–Crippen MR) is 99.8 cm³/mol. The van der Waals surface area contributed by atoms with Gasteiger partial charge >= 0.3 is 0 Å². The molecule has 0 saturated carbocycles. The molecule has 1 aromatic carbocycles. The Hall–Kier alpha value is -2.93. The summed E-state index contributed by atoms with van der Waals surface area (Å²) < 4.78 is 5.17. The molecular weight excluding hydrogens is 346 g/mol. The van der Waals surface area contributed by atoms with Crippen LogP contribution < -0.4 is 10.2 Å². The van der Waals surface area contributed by atoms with Crippen molar-refractivity contribution in [1.82, 2.24) is 4.90 Å². The van der Waals surface area contributed by atoms with Crippen molar-refractivity contribution in [3.63, 3.8) is 0 Å². The van der Waals surface area contributed by atoms with Crippen LogP contribution in [-0.2, 0) is 4.79 Å². The van der Waals surface area contributed by atoms with Gasteiger partial charge < -0.3 is 19.5 Å². The fourth-order valence-electron chi connectivity index (χ4n) is 3.24. The molecule has 1 fully saturated rings. The molecule has 1 aromatic heterocycles. The van der Waals surface area contributed by atoms with Crippen molar-refractivity contribution in [2.24, 2.45) is 0 Å². The van der Waals surface area contributed by atoms with E-state index in [1.807, 2.05) is 6.92 Å². The highest BCUT2D eigenvalue weighted by atomic mass is 16.3. The van der Waals surface area contributed by atoms with Gasteiger partial charge in [0, 0.05) is 11.3 Å². The SMILES string of the molecule is CC(=O)c1cccc(NC(=O)[C@H](C)[NH+]2CCN(C(=O)c3ccco3)CC2)c1. The summed E-state index contributed by atoms with van der Waals surface area (Å²) in [6, 6.07) is 10.0. The summed E-state index contributed by atoms with van der Waals surface area (Å²) in [7, 11) is 0. The van der Waals surface area contributed by atoms with Gasteiger partial charge in [0.25, 0.3) is 11.8 Å². The molecule has 142 valence electrons. The third-order valence-electron chi connectivity index (χ3n) is 4.97. The fraction of sp³-hybridized carbons (Fsp3) is 0.350. The molecule has 0 bridgehead atoms. The number of piperazine rings is 1. The first-order valence-corrected chi connectivity index (χ1v) is 9.05. The van der Waals surface area contributed by atoms with Gasteiger partial charge in [0.2, 0.25) is 0 Å². The topological polar surface area (TPSA) is 84.1 Å².